The van der Waals surface area contributed by atoms with Gasteiger partial charge in [0.1, 0.15) is 23.2 Å². The summed E-state index contributed by atoms with van der Waals surface area (Å²) in [6.45, 7) is 0.443. The predicted molar refractivity (Wildman–Crippen MR) is 114 cm³/mol. The fourth-order valence-electron chi connectivity index (χ4n) is 3.09. The molecule has 4 rings (SSSR count). The maximum absolute atomic E-state index is 13.0. The van der Waals surface area contributed by atoms with Gasteiger partial charge in [0.25, 0.3) is 0 Å². The molecule has 3 aromatic heterocycles. The third kappa shape index (κ3) is 5.17. The smallest absolute Gasteiger partial charge is 0.416 e. The van der Waals surface area contributed by atoms with Gasteiger partial charge in [-0.15, -0.1) is 0 Å². The summed E-state index contributed by atoms with van der Waals surface area (Å²) in [5, 5.41) is 3.16. The summed E-state index contributed by atoms with van der Waals surface area (Å²) in [5.41, 5.74) is 0.872. The first-order chi connectivity index (χ1) is 16.3. The van der Waals surface area contributed by atoms with Gasteiger partial charge in [-0.25, -0.2) is 29.7 Å². The van der Waals surface area contributed by atoms with Gasteiger partial charge in [0, 0.05) is 31.2 Å². The van der Waals surface area contributed by atoms with Crippen molar-refractivity contribution < 1.29 is 27.4 Å². The van der Waals surface area contributed by atoms with E-state index in [9.17, 15) is 18.0 Å². The van der Waals surface area contributed by atoms with Crippen molar-refractivity contribution in [2.24, 2.45) is 0 Å². The van der Waals surface area contributed by atoms with Crippen molar-refractivity contribution in [3.63, 3.8) is 0 Å². The van der Waals surface area contributed by atoms with Crippen LogP contribution >= 0.6 is 0 Å². The van der Waals surface area contributed by atoms with Gasteiger partial charge < -0.3 is 14.8 Å². The highest BCUT2D eigenvalue weighted by atomic mass is 19.4. The topological polar surface area (TPSA) is 112 Å². The van der Waals surface area contributed by atoms with E-state index in [2.05, 4.69) is 30.2 Å². The quantitative estimate of drug-likeness (QED) is 0.400. The molecule has 0 unspecified atom stereocenters. The molecular weight excluding hydrogens is 453 g/mol. The van der Waals surface area contributed by atoms with Crippen LogP contribution in [0.25, 0.3) is 11.2 Å². The van der Waals surface area contributed by atoms with Crippen LogP contribution in [0.4, 0.5) is 19.0 Å². The molecule has 0 bridgehead atoms. The molecule has 9 nitrogen and oxygen atoms in total. The Bertz CT molecular complexity index is 1330. The number of carbonyl (C=O) groups is 1. The second kappa shape index (κ2) is 9.65. The van der Waals surface area contributed by atoms with E-state index >= 15 is 0 Å². The number of rotatable bonds is 7. The highest BCUT2D eigenvalue weighted by Crippen LogP contribution is 2.32. The van der Waals surface area contributed by atoms with Crippen molar-refractivity contribution in [2.45, 2.75) is 12.6 Å². The Kier molecular flexibility index (Phi) is 6.48. The van der Waals surface area contributed by atoms with Gasteiger partial charge in [-0.2, -0.15) is 13.2 Å². The summed E-state index contributed by atoms with van der Waals surface area (Å²) >= 11 is 0. The van der Waals surface area contributed by atoms with E-state index in [1.54, 1.807) is 12.1 Å². The first kappa shape index (κ1) is 22.8. The molecule has 0 atom stereocenters. The molecule has 0 aliphatic rings. The van der Waals surface area contributed by atoms with Crippen LogP contribution in [0.2, 0.25) is 0 Å². The number of pyridine rings is 1. The minimum absolute atomic E-state index is 0.0208. The number of esters is 1. The molecule has 34 heavy (non-hydrogen) atoms. The van der Waals surface area contributed by atoms with Crippen molar-refractivity contribution in [1.82, 2.24) is 24.9 Å². The number of anilines is 1. The minimum atomic E-state index is -4.55. The highest BCUT2D eigenvalue weighted by Gasteiger charge is 2.31. The first-order valence-electron chi connectivity index (χ1n) is 9.93. The fourth-order valence-corrected chi connectivity index (χ4v) is 3.09. The number of aromatic nitrogens is 5. The molecule has 0 aliphatic heterocycles. The Morgan fingerprint density at radius 3 is 2.62 bits per heavy atom. The Labute approximate surface area is 191 Å². The van der Waals surface area contributed by atoms with E-state index in [0.29, 0.717) is 29.9 Å². The average Bonchev–Trinajstić information content (AvgIpc) is 2.84. The van der Waals surface area contributed by atoms with Crippen LogP contribution in [-0.2, 0) is 17.3 Å². The number of carbonyl (C=O) groups excluding carboxylic acids is 1. The van der Waals surface area contributed by atoms with Crippen molar-refractivity contribution in [3.05, 3.63) is 71.9 Å². The van der Waals surface area contributed by atoms with E-state index < -0.39 is 17.7 Å². The number of hydrogen-bond acceptors (Lipinski definition) is 9. The minimum Gasteiger partial charge on any atom is -0.465 e. The lowest BCUT2D eigenvalue weighted by molar-refractivity contribution is -0.137. The number of halogens is 3. The Balaban J connectivity index is 1.51. The van der Waals surface area contributed by atoms with Gasteiger partial charge in [0.15, 0.2) is 11.5 Å². The summed E-state index contributed by atoms with van der Waals surface area (Å²) in [6.07, 6.45) is 1.37. The summed E-state index contributed by atoms with van der Waals surface area (Å²) in [7, 11) is 1.20. The largest absolute Gasteiger partial charge is 0.465 e. The summed E-state index contributed by atoms with van der Waals surface area (Å²) in [4.78, 5) is 32.7. The molecule has 1 N–H and O–H groups in total. The number of nitrogens with zero attached hydrogens (tertiary/aromatic N) is 5. The number of methoxy groups -OCH3 is 1. The van der Waals surface area contributed by atoms with Crippen molar-refractivity contribution in [1.29, 1.82) is 0 Å². The molecule has 12 heteroatoms. The van der Waals surface area contributed by atoms with E-state index in [1.807, 2.05) is 0 Å². The average molecular weight is 470 g/mol. The molecule has 1 aromatic carbocycles. The van der Waals surface area contributed by atoms with Crippen LogP contribution in [-0.4, -0.2) is 44.5 Å². The van der Waals surface area contributed by atoms with Gasteiger partial charge in [-0.3, -0.25) is 0 Å². The Morgan fingerprint density at radius 2 is 1.82 bits per heavy atom. The van der Waals surface area contributed by atoms with E-state index in [4.69, 9.17) is 9.47 Å². The number of alkyl halides is 3. The molecule has 174 valence electrons. The SMILES string of the molecule is COC(=O)c1cc(CCNc2ncnc3nccnc23)ccc1Oc1cc(C(F)(F)F)ccn1. The Morgan fingerprint density at radius 1 is 1.00 bits per heavy atom. The lowest BCUT2D eigenvalue weighted by Crippen LogP contribution is -2.10. The molecule has 0 spiro atoms. The van der Waals surface area contributed by atoms with Crippen molar-refractivity contribution in [2.75, 3.05) is 19.0 Å². The second-order valence-electron chi connectivity index (χ2n) is 6.93. The monoisotopic (exact) mass is 470 g/mol. The number of nitrogens with one attached hydrogen (secondary N) is 1. The maximum atomic E-state index is 13.0. The summed E-state index contributed by atoms with van der Waals surface area (Å²) in [6, 6.07) is 6.31. The molecular formula is C22H17F3N6O3. The molecule has 0 amide bonds. The first-order valence-corrected chi connectivity index (χ1v) is 9.93. The zero-order valence-electron chi connectivity index (χ0n) is 17.7. The number of ether oxygens (including phenoxy) is 2. The van der Waals surface area contributed by atoms with Crippen LogP contribution in [0.1, 0.15) is 21.5 Å². The van der Waals surface area contributed by atoms with E-state index in [0.717, 1.165) is 23.9 Å². The maximum Gasteiger partial charge on any atom is 0.416 e. The van der Waals surface area contributed by atoms with Crippen LogP contribution in [0.5, 0.6) is 11.6 Å². The summed E-state index contributed by atoms with van der Waals surface area (Å²) < 4.78 is 49.2. The van der Waals surface area contributed by atoms with Crippen molar-refractivity contribution in [3.8, 4) is 11.6 Å². The van der Waals surface area contributed by atoms with Crippen LogP contribution in [0.3, 0.4) is 0 Å². The predicted octanol–water partition coefficient (Wildman–Crippen LogP) is 4.07. The normalized spacial score (nSPS) is 11.3. The van der Waals surface area contributed by atoms with Gasteiger partial charge in [-0.1, -0.05) is 6.07 Å². The molecule has 0 aliphatic carbocycles. The van der Waals surface area contributed by atoms with Crippen LogP contribution in [0, 0.1) is 0 Å². The third-order valence-electron chi connectivity index (χ3n) is 4.70. The molecule has 4 aromatic rings. The lowest BCUT2D eigenvalue weighted by atomic mass is 10.1. The van der Waals surface area contributed by atoms with Gasteiger partial charge >= 0.3 is 12.1 Å². The molecule has 0 saturated heterocycles. The molecule has 0 fully saturated rings. The highest BCUT2D eigenvalue weighted by molar-refractivity contribution is 5.92. The Hall–Kier alpha value is -4.35. The molecule has 0 saturated carbocycles. The molecule has 3 heterocycles. The number of hydrogen-bond donors (Lipinski definition) is 1. The van der Waals surface area contributed by atoms with E-state index in [-0.39, 0.29) is 17.2 Å². The summed E-state index contributed by atoms with van der Waals surface area (Å²) in [5.74, 6) is -0.464. The van der Waals surface area contributed by atoms with Gasteiger partial charge in [-0.05, 0) is 30.2 Å². The number of benzene rings is 1. The van der Waals surface area contributed by atoms with Crippen LogP contribution in [0.15, 0.2) is 55.2 Å². The van der Waals surface area contributed by atoms with Crippen LogP contribution < -0.4 is 10.1 Å². The zero-order valence-corrected chi connectivity index (χ0v) is 17.7. The van der Waals surface area contributed by atoms with Gasteiger partial charge in [0.2, 0.25) is 5.88 Å². The fraction of sp³-hybridized carbons (Fsp3) is 0.182. The number of fused-ring (bicyclic) bond motifs is 1. The van der Waals surface area contributed by atoms with Gasteiger partial charge in [0.05, 0.1) is 12.7 Å². The molecule has 0 radical (unpaired) electrons. The van der Waals surface area contributed by atoms with E-state index in [1.165, 1.54) is 31.9 Å². The lowest BCUT2D eigenvalue weighted by Gasteiger charge is -2.13. The second-order valence-corrected chi connectivity index (χ2v) is 6.93. The standard InChI is InChI=1S/C22H17F3N6O3/c1-33-21(32)15-10-13(4-6-28-19-18-20(31-12-30-19)29-9-8-27-18)2-3-16(15)34-17-11-14(5-7-26-17)22(23,24)25/h2-3,5,7-12H,4,6H2,1H3,(H,28,29,30,31). The van der Waals surface area contributed by atoms with Crippen molar-refractivity contribution >= 4 is 23.0 Å². The third-order valence-corrected chi connectivity index (χ3v) is 4.70. The zero-order chi connectivity index (χ0) is 24.1.